The minimum Gasteiger partial charge on any atom is -0.299 e. The van der Waals surface area contributed by atoms with Gasteiger partial charge < -0.3 is 0 Å². The minimum absolute atomic E-state index is 0.596. The molecule has 0 heterocycles. The Hall–Kier alpha value is -0.850. The normalized spacial score (nSPS) is 24.0. The summed E-state index contributed by atoms with van der Waals surface area (Å²) in [7, 11) is 0. The van der Waals surface area contributed by atoms with Gasteiger partial charge in [-0.3, -0.25) is 4.79 Å². The van der Waals surface area contributed by atoms with Gasteiger partial charge in [-0.2, -0.15) is 0 Å². The molecule has 0 aromatic carbocycles. The van der Waals surface area contributed by atoms with Crippen LogP contribution in [-0.2, 0) is 4.79 Å². The largest absolute Gasteiger partial charge is 0.299 e. The maximum atomic E-state index is 10.3. The number of hydrogen-bond donors (Lipinski definition) is 0. The monoisotopic (exact) mass is 123 g/mol. The summed E-state index contributed by atoms with van der Waals surface area (Å²) >= 11 is 0. The highest BCUT2D eigenvalue weighted by molar-refractivity contribution is 5.67. The van der Waals surface area contributed by atoms with E-state index in [4.69, 9.17) is 1.37 Å². The van der Waals surface area contributed by atoms with Crippen LogP contribution >= 0.6 is 0 Å². The third-order valence-corrected chi connectivity index (χ3v) is 1.41. The van der Waals surface area contributed by atoms with Gasteiger partial charge in [-0.05, 0) is 30.9 Å². The second-order valence-corrected chi connectivity index (χ2v) is 2.13. The van der Waals surface area contributed by atoms with Crippen LogP contribution in [0, 0.1) is 0 Å². The Bertz CT molecular complexity index is 191. The van der Waals surface area contributed by atoms with Crippen molar-refractivity contribution in [2.24, 2.45) is 0 Å². The molecule has 1 nitrogen and oxygen atoms in total. The zero-order valence-electron chi connectivity index (χ0n) is 6.26. The number of aldehydes is 1. The van der Waals surface area contributed by atoms with Crippen LogP contribution < -0.4 is 0 Å². The molecule has 1 heteroatoms. The summed E-state index contributed by atoms with van der Waals surface area (Å²) in [6.07, 6.45) is 7.91. The van der Waals surface area contributed by atoms with Crippen molar-refractivity contribution in [2.75, 3.05) is 0 Å². The second kappa shape index (κ2) is 3.23. The van der Waals surface area contributed by atoms with Crippen LogP contribution in [0.25, 0.3) is 0 Å². The minimum atomic E-state index is -0.596. The summed E-state index contributed by atoms with van der Waals surface area (Å²) < 4.78 is 6.66. The van der Waals surface area contributed by atoms with E-state index >= 15 is 0 Å². The molecule has 0 radical (unpaired) electrons. The van der Waals surface area contributed by atoms with Gasteiger partial charge in [0.2, 0.25) is 0 Å². The summed E-state index contributed by atoms with van der Waals surface area (Å²) in [4.78, 5) is 10.3. The van der Waals surface area contributed by atoms with E-state index in [-0.39, 0.29) is 0 Å². The highest BCUT2D eigenvalue weighted by atomic mass is 16.1. The van der Waals surface area contributed by atoms with Gasteiger partial charge in [0, 0.05) is 0 Å². The Kier molecular flexibility index (Phi) is 1.79. The maximum Gasteiger partial charge on any atom is 0.143 e. The van der Waals surface area contributed by atoms with Crippen molar-refractivity contribution in [1.82, 2.24) is 0 Å². The van der Waals surface area contributed by atoms with E-state index < -0.39 is 6.26 Å². The first kappa shape index (κ1) is 4.98. The maximum absolute atomic E-state index is 10.3. The third-order valence-electron chi connectivity index (χ3n) is 1.41. The second-order valence-electron chi connectivity index (χ2n) is 2.13. The van der Waals surface area contributed by atoms with Crippen molar-refractivity contribution >= 4 is 6.26 Å². The molecule has 0 aliphatic heterocycles. The molecule has 1 aliphatic rings. The molecule has 0 unspecified atom stereocenters. The lowest BCUT2D eigenvalue weighted by molar-refractivity contribution is -0.104. The average Bonchev–Trinajstić information content (AvgIpc) is 1.88. The molecule has 0 atom stereocenters. The number of allylic oxidation sites excluding steroid dienone is 4. The van der Waals surface area contributed by atoms with Crippen LogP contribution in [0.4, 0.5) is 0 Å². The van der Waals surface area contributed by atoms with Gasteiger partial charge in [-0.1, -0.05) is 12.2 Å². The molecule has 0 bridgehead atoms. The lowest BCUT2D eigenvalue weighted by Gasteiger charge is -2.03. The predicted octanol–water partition coefficient (Wildman–Crippen LogP) is 1.85. The number of carbonyl (C=O) groups excluding carboxylic acids is 1. The first-order valence-corrected chi connectivity index (χ1v) is 3.17. The van der Waals surface area contributed by atoms with Crippen molar-refractivity contribution in [3.05, 3.63) is 23.8 Å². The van der Waals surface area contributed by atoms with Gasteiger partial charge in [0.15, 0.2) is 0 Å². The van der Waals surface area contributed by atoms with Gasteiger partial charge in [-0.15, -0.1) is 0 Å². The third kappa shape index (κ3) is 1.84. The Morgan fingerprint density at radius 1 is 1.78 bits per heavy atom. The fourth-order valence-electron chi connectivity index (χ4n) is 0.938. The lowest BCUT2D eigenvalue weighted by atomic mass is 10.0. The smallest absolute Gasteiger partial charge is 0.143 e. The lowest BCUT2D eigenvalue weighted by Crippen LogP contribution is -1.85. The molecular formula is C8H10O. The molecule has 0 saturated carbocycles. The molecule has 0 N–H and O–H groups in total. The highest BCUT2D eigenvalue weighted by Gasteiger charge is 1.96. The number of rotatable bonds is 1. The SMILES string of the molecule is [2H]C(=O)/C=C1\C=CCCC1. The van der Waals surface area contributed by atoms with Gasteiger partial charge in [0.05, 0.1) is 0 Å². The summed E-state index contributed by atoms with van der Waals surface area (Å²) in [5, 5.41) is 0. The quantitative estimate of drug-likeness (QED) is 0.384. The molecule has 0 amide bonds. The predicted molar refractivity (Wildman–Crippen MR) is 37.1 cm³/mol. The molecule has 0 saturated heterocycles. The zero-order valence-corrected chi connectivity index (χ0v) is 5.26. The van der Waals surface area contributed by atoms with Crippen LogP contribution in [0.3, 0.4) is 0 Å². The fraction of sp³-hybridized carbons (Fsp3) is 0.375. The number of hydrogen-bond acceptors (Lipinski definition) is 1. The van der Waals surface area contributed by atoms with E-state index in [2.05, 4.69) is 0 Å². The number of carbonyl (C=O) groups is 1. The van der Waals surface area contributed by atoms with Crippen molar-refractivity contribution in [2.45, 2.75) is 19.3 Å². The fourth-order valence-corrected chi connectivity index (χ4v) is 0.938. The van der Waals surface area contributed by atoms with Crippen molar-refractivity contribution in [3.63, 3.8) is 0 Å². The standard InChI is InChI=1S/C8H10O/c9-7-6-8-4-2-1-3-5-8/h2,4,6-7H,1,3,5H2/b8-6+/i7D. The molecule has 0 aromatic rings. The molecule has 9 heavy (non-hydrogen) atoms. The van der Waals surface area contributed by atoms with Crippen LogP contribution in [0.1, 0.15) is 20.6 Å². The van der Waals surface area contributed by atoms with Crippen LogP contribution in [0.5, 0.6) is 0 Å². The summed E-state index contributed by atoms with van der Waals surface area (Å²) in [5.74, 6) is 0. The summed E-state index contributed by atoms with van der Waals surface area (Å²) in [5.41, 5.74) is 0.992. The van der Waals surface area contributed by atoms with Crippen LogP contribution in [0.15, 0.2) is 23.8 Å². The van der Waals surface area contributed by atoms with E-state index in [9.17, 15) is 4.79 Å². The molecule has 0 fully saturated rings. The summed E-state index contributed by atoms with van der Waals surface area (Å²) in [6.45, 7) is 0. The Labute approximate surface area is 56.5 Å². The Balaban J connectivity index is 2.62. The van der Waals surface area contributed by atoms with Gasteiger partial charge >= 0.3 is 0 Å². The molecule has 1 rings (SSSR count). The van der Waals surface area contributed by atoms with E-state index in [1.807, 2.05) is 12.2 Å². The Morgan fingerprint density at radius 2 is 2.67 bits per heavy atom. The topological polar surface area (TPSA) is 17.1 Å². The molecular weight excluding hydrogens is 112 g/mol. The molecule has 0 spiro atoms. The van der Waals surface area contributed by atoms with Crippen molar-refractivity contribution in [3.8, 4) is 0 Å². The van der Waals surface area contributed by atoms with E-state index in [0.717, 1.165) is 24.8 Å². The van der Waals surface area contributed by atoms with Gasteiger partial charge in [-0.25, -0.2) is 0 Å². The Morgan fingerprint density at radius 3 is 3.22 bits per heavy atom. The van der Waals surface area contributed by atoms with Crippen LogP contribution in [0.2, 0.25) is 0 Å². The van der Waals surface area contributed by atoms with Gasteiger partial charge in [0.1, 0.15) is 7.63 Å². The van der Waals surface area contributed by atoms with E-state index in [1.165, 1.54) is 6.08 Å². The molecule has 48 valence electrons. The molecule has 1 aliphatic carbocycles. The first-order chi connectivity index (χ1) is 4.79. The zero-order chi connectivity index (χ0) is 7.40. The average molecular weight is 123 g/mol. The first-order valence-electron chi connectivity index (χ1n) is 3.67. The van der Waals surface area contributed by atoms with Gasteiger partial charge in [0.25, 0.3) is 0 Å². The van der Waals surface area contributed by atoms with E-state index in [0.29, 0.717) is 0 Å². The van der Waals surface area contributed by atoms with E-state index in [1.54, 1.807) is 0 Å². The van der Waals surface area contributed by atoms with Crippen molar-refractivity contribution in [1.29, 1.82) is 0 Å². The summed E-state index contributed by atoms with van der Waals surface area (Å²) in [6, 6.07) is 0. The molecule has 0 aromatic heterocycles. The highest BCUT2D eigenvalue weighted by Crippen LogP contribution is 2.14. The van der Waals surface area contributed by atoms with Crippen molar-refractivity contribution < 1.29 is 6.17 Å². The van der Waals surface area contributed by atoms with Crippen LogP contribution in [-0.4, -0.2) is 6.26 Å².